The van der Waals surface area contributed by atoms with Crippen LogP contribution in [0.5, 0.6) is 0 Å². The second-order valence-electron chi connectivity index (χ2n) is 17.7. The number of hydrogen-bond acceptors (Lipinski definition) is 3. The molecule has 13 rings (SSSR count). The first kappa shape index (κ1) is 40.1. The van der Waals surface area contributed by atoms with Gasteiger partial charge < -0.3 is 4.57 Å². The van der Waals surface area contributed by atoms with E-state index in [1.807, 2.05) is 18.2 Å². The molecule has 0 unspecified atom stereocenters. The minimum atomic E-state index is 0.547. The quantitative estimate of drug-likeness (QED) is 0.153. The number of para-hydroxylation sites is 3. The fourth-order valence-electron chi connectivity index (χ4n) is 10.1. The van der Waals surface area contributed by atoms with Crippen LogP contribution in [0.2, 0.25) is 0 Å². The Morgan fingerprint density at radius 1 is 0.290 bits per heavy atom. The normalized spacial score (nSPS) is 11.6. The van der Waals surface area contributed by atoms with E-state index >= 15 is 0 Å². The molecule has 0 atom stereocenters. The highest BCUT2D eigenvalue weighted by molar-refractivity contribution is 6.24. The topological polar surface area (TPSA) is 48.5 Å². The molecule has 0 aliphatic carbocycles. The van der Waals surface area contributed by atoms with E-state index in [1.54, 1.807) is 0 Å². The zero-order chi connectivity index (χ0) is 45.8. The predicted molar refractivity (Wildman–Crippen MR) is 286 cm³/mol. The van der Waals surface area contributed by atoms with Crippen LogP contribution in [0.4, 0.5) is 0 Å². The van der Waals surface area contributed by atoms with Crippen LogP contribution in [0.1, 0.15) is 5.56 Å². The van der Waals surface area contributed by atoms with E-state index in [0.717, 1.165) is 77.3 Å². The molecule has 5 heteroatoms. The SMILES string of the molecule is Cc1ccc(-c2cccc(-c3cccc(-c4nc(-c5ccccc5)nc(-n5c6ccccc6c6ccc7c8ccccc8n(-c8ccccc8-c8ccc(-c9ccccc9)cc8)c7c65)n4)c3)c2)cc1. The summed E-state index contributed by atoms with van der Waals surface area (Å²) in [6, 6.07) is 86.5. The Kier molecular flexibility index (Phi) is 9.65. The minimum Gasteiger partial charge on any atom is -0.307 e. The number of benzene rings is 10. The van der Waals surface area contributed by atoms with Crippen molar-refractivity contribution in [2.24, 2.45) is 0 Å². The van der Waals surface area contributed by atoms with Gasteiger partial charge in [0.2, 0.25) is 5.95 Å². The molecule has 0 saturated carbocycles. The van der Waals surface area contributed by atoms with Gasteiger partial charge in [0, 0.05) is 38.2 Å². The van der Waals surface area contributed by atoms with Gasteiger partial charge in [-0.15, -0.1) is 0 Å². The summed E-state index contributed by atoms with van der Waals surface area (Å²) in [6.45, 7) is 2.12. The van der Waals surface area contributed by atoms with Crippen LogP contribution in [0, 0.1) is 6.92 Å². The van der Waals surface area contributed by atoms with Gasteiger partial charge in [0.05, 0.1) is 27.8 Å². The smallest absolute Gasteiger partial charge is 0.238 e. The first-order valence-corrected chi connectivity index (χ1v) is 23.4. The van der Waals surface area contributed by atoms with E-state index in [-0.39, 0.29) is 0 Å². The summed E-state index contributed by atoms with van der Waals surface area (Å²) < 4.78 is 4.73. The molecule has 13 aromatic rings. The lowest BCUT2D eigenvalue weighted by Gasteiger charge is -2.16. The number of rotatable bonds is 8. The number of hydrogen-bond donors (Lipinski definition) is 0. The molecule has 324 valence electrons. The van der Waals surface area contributed by atoms with Crippen LogP contribution in [0.15, 0.2) is 243 Å². The Morgan fingerprint density at radius 2 is 0.725 bits per heavy atom. The molecule has 0 saturated heterocycles. The van der Waals surface area contributed by atoms with E-state index < -0.39 is 0 Å². The molecular formula is C64H43N5. The molecular weight excluding hydrogens is 839 g/mol. The molecule has 5 nitrogen and oxygen atoms in total. The highest BCUT2D eigenvalue weighted by atomic mass is 15.2. The second kappa shape index (κ2) is 16.6. The predicted octanol–water partition coefficient (Wildman–Crippen LogP) is 16.4. The molecule has 69 heavy (non-hydrogen) atoms. The van der Waals surface area contributed by atoms with Gasteiger partial charge in [-0.2, -0.15) is 9.97 Å². The third-order valence-electron chi connectivity index (χ3n) is 13.5. The van der Waals surface area contributed by atoms with Crippen LogP contribution in [-0.2, 0) is 0 Å². The molecule has 0 bridgehead atoms. The summed E-state index contributed by atoms with van der Waals surface area (Å²) in [5, 5.41) is 4.56. The molecule has 0 radical (unpaired) electrons. The number of aryl methyl sites for hydroxylation is 1. The van der Waals surface area contributed by atoms with Crippen LogP contribution in [0.25, 0.3) is 123 Å². The van der Waals surface area contributed by atoms with E-state index in [4.69, 9.17) is 15.0 Å². The Balaban J connectivity index is 1.05. The van der Waals surface area contributed by atoms with Crippen molar-refractivity contribution in [1.82, 2.24) is 24.1 Å². The maximum atomic E-state index is 5.47. The van der Waals surface area contributed by atoms with Gasteiger partial charge in [-0.05, 0) is 76.2 Å². The molecule has 0 amide bonds. The average molecular weight is 882 g/mol. The summed E-state index contributed by atoms with van der Waals surface area (Å²) in [4.78, 5) is 16.1. The van der Waals surface area contributed by atoms with Gasteiger partial charge in [-0.3, -0.25) is 4.57 Å². The maximum Gasteiger partial charge on any atom is 0.238 e. The highest BCUT2D eigenvalue weighted by Crippen LogP contribution is 2.43. The summed E-state index contributed by atoms with van der Waals surface area (Å²) in [6.07, 6.45) is 0. The molecule has 0 aliphatic rings. The second-order valence-corrected chi connectivity index (χ2v) is 17.7. The first-order valence-electron chi connectivity index (χ1n) is 23.4. The van der Waals surface area contributed by atoms with Gasteiger partial charge in [-0.1, -0.05) is 218 Å². The average Bonchev–Trinajstić information content (AvgIpc) is 3.95. The Morgan fingerprint density at radius 3 is 1.39 bits per heavy atom. The van der Waals surface area contributed by atoms with E-state index in [1.165, 1.54) is 33.2 Å². The fourth-order valence-corrected chi connectivity index (χ4v) is 10.1. The highest BCUT2D eigenvalue weighted by Gasteiger charge is 2.24. The van der Waals surface area contributed by atoms with Crippen molar-refractivity contribution in [1.29, 1.82) is 0 Å². The number of fused-ring (bicyclic) bond motifs is 7. The standard InChI is InChI=1S/C64H43N5/c1-42-30-32-45(33-31-42)48-20-14-21-49(40-48)50-22-15-23-51(41-50)63-65-62(47-18-6-3-7-19-47)66-64(67-63)69-59-29-13-10-26-54(59)56-39-38-55-53-25-9-12-28-58(53)68(60(55)61(56)69)57-27-11-8-24-52(57)46-36-34-44(35-37-46)43-16-4-2-5-17-43/h2-41H,1H3. The van der Waals surface area contributed by atoms with Gasteiger partial charge in [0.25, 0.3) is 0 Å². The molecule has 0 fully saturated rings. The van der Waals surface area contributed by atoms with Gasteiger partial charge in [-0.25, -0.2) is 4.98 Å². The lowest BCUT2D eigenvalue weighted by Crippen LogP contribution is -2.07. The van der Waals surface area contributed by atoms with E-state index in [9.17, 15) is 0 Å². The van der Waals surface area contributed by atoms with Crippen molar-refractivity contribution in [3.63, 3.8) is 0 Å². The molecule has 10 aromatic carbocycles. The van der Waals surface area contributed by atoms with Crippen molar-refractivity contribution >= 4 is 43.6 Å². The summed E-state index contributed by atoms with van der Waals surface area (Å²) >= 11 is 0. The largest absolute Gasteiger partial charge is 0.307 e. The maximum absolute atomic E-state index is 5.47. The van der Waals surface area contributed by atoms with Crippen LogP contribution in [-0.4, -0.2) is 24.1 Å². The molecule has 3 heterocycles. The summed E-state index contributed by atoms with van der Waals surface area (Å²) in [5.74, 6) is 1.74. The van der Waals surface area contributed by atoms with Crippen molar-refractivity contribution in [2.45, 2.75) is 6.92 Å². The lowest BCUT2D eigenvalue weighted by molar-refractivity contribution is 0.953. The van der Waals surface area contributed by atoms with Gasteiger partial charge >= 0.3 is 0 Å². The fraction of sp³-hybridized carbons (Fsp3) is 0.0156. The van der Waals surface area contributed by atoms with Crippen molar-refractivity contribution < 1.29 is 0 Å². The van der Waals surface area contributed by atoms with Crippen molar-refractivity contribution in [3.8, 4) is 78.9 Å². The van der Waals surface area contributed by atoms with Crippen LogP contribution in [0.3, 0.4) is 0 Å². The summed E-state index contributed by atoms with van der Waals surface area (Å²) in [5.41, 5.74) is 17.6. The number of nitrogens with zero attached hydrogens (tertiary/aromatic N) is 5. The Bertz CT molecular complexity index is 4050. The van der Waals surface area contributed by atoms with Crippen LogP contribution < -0.4 is 0 Å². The van der Waals surface area contributed by atoms with Crippen LogP contribution >= 0.6 is 0 Å². The number of aromatic nitrogens is 5. The van der Waals surface area contributed by atoms with Gasteiger partial charge in [0.15, 0.2) is 11.6 Å². The van der Waals surface area contributed by atoms with E-state index in [0.29, 0.717) is 17.6 Å². The summed E-state index contributed by atoms with van der Waals surface area (Å²) in [7, 11) is 0. The van der Waals surface area contributed by atoms with Crippen molar-refractivity contribution in [3.05, 3.63) is 248 Å². The third-order valence-corrected chi connectivity index (χ3v) is 13.5. The molecule has 3 aromatic heterocycles. The van der Waals surface area contributed by atoms with Gasteiger partial charge in [0.1, 0.15) is 0 Å². The Labute approximate surface area is 399 Å². The monoisotopic (exact) mass is 881 g/mol. The first-order chi connectivity index (χ1) is 34.1. The zero-order valence-electron chi connectivity index (χ0n) is 37.8. The van der Waals surface area contributed by atoms with Crippen molar-refractivity contribution in [2.75, 3.05) is 0 Å². The molecule has 0 spiro atoms. The zero-order valence-corrected chi connectivity index (χ0v) is 37.8. The molecule has 0 N–H and O–H groups in total. The Hall–Kier alpha value is -9.19. The lowest BCUT2D eigenvalue weighted by atomic mass is 9.97. The molecule has 0 aliphatic heterocycles. The van der Waals surface area contributed by atoms with E-state index in [2.05, 4.69) is 241 Å². The third kappa shape index (κ3) is 6.99. The minimum absolute atomic E-state index is 0.547.